The minimum Gasteiger partial charge on any atom is -0.294 e. The van der Waals surface area contributed by atoms with Gasteiger partial charge in [-0.2, -0.15) is 13.2 Å². The molecule has 0 bridgehead atoms. The van der Waals surface area contributed by atoms with Crippen molar-refractivity contribution in [3.8, 4) is 0 Å². The van der Waals surface area contributed by atoms with Crippen LogP contribution in [0.2, 0.25) is 0 Å². The molecule has 0 atom stereocenters. The van der Waals surface area contributed by atoms with Crippen LogP contribution in [0.25, 0.3) is 0 Å². The van der Waals surface area contributed by atoms with E-state index >= 15 is 0 Å². The zero-order chi connectivity index (χ0) is 16.5. The number of carbonyl (C=O) groups is 1. The first kappa shape index (κ1) is 17.2. The fraction of sp³-hybridized carbons (Fsp3) is 0.429. The van der Waals surface area contributed by atoms with E-state index in [1.807, 2.05) is 13.0 Å². The van der Waals surface area contributed by atoms with Gasteiger partial charge < -0.3 is 0 Å². The summed E-state index contributed by atoms with van der Waals surface area (Å²) < 4.78 is 37.1. The van der Waals surface area contributed by atoms with Gasteiger partial charge >= 0.3 is 6.18 Å². The average molecular weight is 348 g/mol. The molecule has 2 rings (SSSR count). The van der Waals surface area contributed by atoms with Crippen LogP contribution in [0, 0.1) is 13.8 Å². The van der Waals surface area contributed by atoms with Gasteiger partial charge in [0.05, 0.1) is 17.2 Å². The van der Waals surface area contributed by atoms with Gasteiger partial charge in [0, 0.05) is 11.9 Å². The van der Waals surface area contributed by atoms with Crippen LogP contribution in [0.3, 0.4) is 0 Å². The normalized spacial score (nSPS) is 17.6. The van der Waals surface area contributed by atoms with E-state index in [0.29, 0.717) is 21.5 Å². The highest BCUT2D eigenvalue weighted by Crippen LogP contribution is 2.34. The van der Waals surface area contributed by atoms with Crippen molar-refractivity contribution in [2.24, 2.45) is 4.99 Å². The van der Waals surface area contributed by atoms with Crippen molar-refractivity contribution in [3.05, 3.63) is 23.3 Å². The molecule has 0 radical (unpaired) electrons. The van der Waals surface area contributed by atoms with Gasteiger partial charge in [-0.1, -0.05) is 17.8 Å². The molecule has 1 amide bonds. The predicted octanol–water partition coefficient (Wildman–Crippen LogP) is 4.15. The van der Waals surface area contributed by atoms with Crippen LogP contribution < -0.4 is 0 Å². The second kappa shape index (κ2) is 6.54. The Morgan fingerprint density at radius 2 is 2.00 bits per heavy atom. The summed E-state index contributed by atoms with van der Waals surface area (Å²) in [4.78, 5) is 17.9. The minimum atomic E-state index is -4.21. The van der Waals surface area contributed by atoms with E-state index in [0.717, 1.165) is 22.9 Å². The third-order valence-electron chi connectivity index (χ3n) is 3.09. The molecule has 22 heavy (non-hydrogen) atoms. The highest BCUT2D eigenvalue weighted by molar-refractivity contribution is 8.15. The molecule has 1 aromatic carbocycles. The SMILES string of the molecule is Cc1cc(C)c(SCC(F)(F)F)cc1/N=C1\SCC(=O)N1C. The number of hydrogen-bond donors (Lipinski definition) is 0. The summed E-state index contributed by atoms with van der Waals surface area (Å²) in [6, 6.07) is 3.48. The summed E-state index contributed by atoms with van der Waals surface area (Å²) >= 11 is 2.08. The van der Waals surface area contributed by atoms with Crippen molar-refractivity contribution in [1.29, 1.82) is 0 Å². The van der Waals surface area contributed by atoms with E-state index in [1.165, 1.54) is 16.7 Å². The lowest BCUT2D eigenvalue weighted by atomic mass is 10.1. The molecule has 0 aromatic heterocycles. The Balaban J connectivity index is 2.29. The lowest BCUT2D eigenvalue weighted by molar-refractivity contribution is -0.123. The maximum atomic E-state index is 12.4. The smallest absolute Gasteiger partial charge is 0.294 e. The highest BCUT2D eigenvalue weighted by atomic mass is 32.2. The number of alkyl halides is 3. The highest BCUT2D eigenvalue weighted by Gasteiger charge is 2.28. The van der Waals surface area contributed by atoms with Crippen LogP contribution >= 0.6 is 23.5 Å². The number of thioether (sulfide) groups is 2. The van der Waals surface area contributed by atoms with Gasteiger partial charge in [-0.05, 0) is 31.0 Å². The summed E-state index contributed by atoms with van der Waals surface area (Å²) in [5, 5.41) is 0.573. The van der Waals surface area contributed by atoms with E-state index in [2.05, 4.69) is 4.99 Å². The zero-order valence-corrected chi connectivity index (χ0v) is 14.0. The Morgan fingerprint density at radius 3 is 2.55 bits per heavy atom. The van der Waals surface area contributed by atoms with E-state index in [4.69, 9.17) is 0 Å². The first-order valence-electron chi connectivity index (χ1n) is 6.46. The molecule has 0 aliphatic carbocycles. The number of benzene rings is 1. The summed E-state index contributed by atoms with van der Waals surface area (Å²) in [6.07, 6.45) is -4.21. The topological polar surface area (TPSA) is 32.7 Å². The van der Waals surface area contributed by atoms with E-state index in [-0.39, 0.29) is 5.91 Å². The van der Waals surface area contributed by atoms with E-state index < -0.39 is 11.9 Å². The van der Waals surface area contributed by atoms with Gasteiger partial charge in [-0.3, -0.25) is 9.69 Å². The van der Waals surface area contributed by atoms with Crippen molar-refractivity contribution in [1.82, 2.24) is 4.90 Å². The molecule has 1 heterocycles. The Kier molecular flexibility index (Phi) is 5.11. The van der Waals surface area contributed by atoms with Gasteiger partial charge in [0.1, 0.15) is 0 Å². The molecule has 8 heteroatoms. The third-order valence-corrected chi connectivity index (χ3v) is 5.32. The van der Waals surface area contributed by atoms with Gasteiger partial charge in [0.25, 0.3) is 0 Å². The molecule has 1 aliphatic rings. The monoisotopic (exact) mass is 348 g/mol. The number of carbonyl (C=O) groups excluding carboxylic acids is 1. The van der Waals surface area contributed by atoms with Crippen LogP contribution in [-0.4, -0.2) is 40.7 Å². The molecule has 1 fully saturated rings. The molecule has 1 aromatic rings. The number of amidine groups is 1. The van der Waals surface area contributed by atoms with Crippen molar-refractivity contribution in [2.75, 3.05) is 18.6 Å². The summed E-state index contributed by atoms with van der Waals surface area (Å²) in [5.74, 6) is -0.615. The molecule has 0 unspecified atom stereocenters. The molecule has 0 N–H and O–H groups in total. The van der Waals surface area contributed by atoms with Crippen LogP contribution in [0.5, 0.6) is 0 Å². The molecule has 0 saturated carbocycles. The Hall–Kier alpha value is -1.15. The van der Waals surface area contributed by atoms with Crippen molar-refractivity contribution in [2.45, 2.75) is 24.9 Å². The van der Waals surface area contributed by atoms with Crippen LogP contribution in [0.1, 0.15) is 11.1 Å². The quantitative estimate of drug-likeness (QED) is 0.769. The van der Waals surface area contributed by atoms with Crippen LogP contribution in [0.4, 0.5) is 18.9 Å². The fourth-order valence-electron chi connectivity index (χ4n) is 1.89. The molecule has 120 valence electrons. The lowest BCUT2D eigenvalue weighted by Gasteiger charge is -2.13. The number of nitrogens with zero attached hydrogens (tertiary/aromatic N) is 2. The number of aliphatic imine (C=N–C) groups is 1. The molecular formula is C14H15F3N2OS2. The van der Waals surface area contributed by atoms with Gasteiger partial charge in [-0.25, -0.2) is 4.99 Å². The van der Waals surface area contributed by atoms with Crippen LogP contribution in [-0.2, 0) is 4.79 Å². The number of halogens is 3. The fourth-order valence-corrected chi connectivity index (χ4v) is 3.60. The average Bonchev–Trinajstić information content (AvgIpc) is 2.71. The van der Waals surface area contributed by atoms with Crippen LogP contribution in [0.15, 0.2) is 22.0 Å². The molecule has 3 nitrogen and oxygen atoms in total. The van der Waals surface area contributed by atoms with E-state index in [9.17, 15) is 18.0 Å². The number of amides is 1. The van der Waals surface area contributed by atoms with Gasteiger partial charge in [-0.15, -0.1) is 11.8 Å². The predicted molar refractivity (Wildman–Crippen MR) is 85.0 cm³/mol. The number of rotatable bonds is 3. The first-order valence-corrected chi connectivity index (χ1v) is 8.43. The third kappa shape index (κ3) is 4.19. The molecule has 0 spiro atoms. The van der Waals surface area contributed by atoms with Crippen molar-refractivity contribution >= 4 is 40.3 Å². The minimum absolute atomic E-state index is 0.0276. The van der Waals surface area contributed by atoms with E-state index in [1.54, 1.807) is 20.0 Å². The summed E-state index contributed by atoms with van der Waals surface area (Å²) in [7, 11) is 1.64. The largest absolute Gasteiger partial charge is 0.398 e. The van der Waals surface area contributed by atoms with Crippen molar-refractivity contribution in [3.63, 3.8) is 0 Å². The lowest BCUT2D eigenvalue weighted by Crippen LogP contribution is -2.24. The second-order valence-corrected chi connectivity index (χ2v) is 6.90. The Morgan fingerprint density at radius 1 is 1.32 bits per heavy atom. The zero-order valence-electron chi connectivity index (χ0n) is 12.3. The Labute approximate surface area is 135 Å². The summed E-state index contributed by atoms with van der Waals surface area (Å²) in [6.45, 7) is 3.63. The maximum absolute atomic E-state index is 12.4. The number of hydrogen-bond acceptors (Lipinski definition) is 4. The molecule has 1 saturated heterocycles. The number of aryl methyl sites for hydroxylation is 2. The maximum Gasteiger partial charge on any atom is 0.398 e. The Bertz CT molecular complexity index is 629. The van der Waals surface area contributed by atoms with Crippen molar-refractivity contribution < 1.29 is 18.0 Å². The molecule has 1 aliphatic heterocycles. The standard InChI is InChI=1S/C14H15F3N2OS2/c1-8-4-9(2)11(22-7-14(15,16)17)5-10(8)18-13-19(3)12(20)6-21-13/h4-5H,6-7H2,1-3H3/b18-13-. The first-order chi connectivity index (χ1) is 10.2. The molecular weight excluding hydrogens is 333 g/mol. The van der Waals surface area contributed by atoms with Gasteiger partial charge in [0.15, 0.2) is 5.17 Å². The summed E-state index contributed by atoms with van der Waals surface area (Å²) in [5.41, 5.74) is 2.26. The second-order valence-electron chi connectivity index (χ2n) is 4.94. The van der Waals surface area contributed by atoms with Gasteiger partial charge in [0.2, 0.25) is 5.91 Å².